The molecule has 1 aliphatic carbocycles. The fourth-order valence-corrected chi connectivity index (χ4v) is 5.65. The van der Waals surface area contributed by atoms with Crippen LogP contribution in [0.4, 0.5) is 9.80 Å². The predicted molar refractivity (Wildman–Crippen MR) is 118 cm³/mol. The molecule has 0 radical (unpaired) electrons. The summed E-state index contributed by atoms with van der Waals surface area (Å²) in [5.74, 6) is -0.117. The number of urea groups is 1. The molecule has 2 heterocycles. The lowest BCUT2D eigenvalue weighted by Gasteiger charge is -2.38. The molecule has 0 saturated carbocycles. The lowest BCUT2D eigenvalue weighted by Crippen LogP contribution is -2.60. The van der Waals surface area contributed by atoms with Crippen molar-refractivity contribution in [1.29, 1.82) is 5.26 Å². The number of nitrogens with one attached hydrogen (secondary N) is 2. The molecule has 1 aromatic rings. The van der Waals surface area contributed by atoms with Crippen LogP contribution in [0.2, 0.25) is 0 Å². The van der Waals surface area contributed by atoms with Crippen molar-refractivity contribution in [1.82, 2.24) is 20.4 Å². The van der Waals surface area contributed by atoms with Crippen molar-refractivity contribution in [3.05, 3.63) is 16.0 Å². The van der Waals surface area contributed by atoms with Gasteiger partial charge in [-0.25, -0.2) is 4.79 Å². The molecule has 1 aliphatic heterocycles. The van der Waals surface area contributed by atoms with Crippen molar-refractivity contribution in [3.63, 3.8) is 0 Å². The molecule has 0 spiro atoms. The standard InChI is InChI=1S/C21H32N6O2S/c1-4-27(21(29)25-15-11-26(3)12-15)20(28)14(10-24-2)7-13-5-6-18-16(8-13)17(9-22)19(23)30-18/h13-15,24H,4-8,10-12,23H2,1-3H3,(H,25,29). The first-order valence-electron chi connectivity index (χ1n) is 10.6. The van der Waals surface area contributed by atoms with Crippen LogP contribution in [0.5, 0.6) is 0 Å². The third-order valence-corrected chi connectivity index (χ3v) is 7.26. The number of amides is 3. The van der Waals surface area contributed by atoms with Gasteiger partial charge in [0.15, 0.2) is 0 Å². The van der Waals surface area contributed by atoms with Crippen LogP contribution in [0.1, 0.15) is 35.8 Å². The molecular formula is C21H32N6O2S. The van der Waals surface area contributed by atoms with Crippen LogP contribution in [-0.4, -0.2) is 68.1 Å². The van der Waals surface area contributed by atoms with Gasteiger partial charge in [0.25, 0.3) is 0 Å². The predicted octanol–water partition coefficient (Wildman–Crippen LogP) is 1.40. The fraction of sp³-hybridized carbons (Fsp3) is 0.667. The topological polar surface area (TPSA) is 114 Å². The van der Waals surface area contributed by atoms with Gasteiger partial charge in [0.1, 0.15) is 11.1 Å². The van der Waals surface area contributed by atoms with E-state index in [-0.39, 0.29) is 23.9 Å². The maximum Gasteiger partial charge on any atom is 0.324 e. The molecule has 1 fully saturated rings. The summed E-state index contributed by atoms with van der Waals surface area (Å²) < 4.78 is 0. The molecule has 2 aliphatic rings. The normalized spacial score (nSPS) is 20.0. The van der Waals surface area contributed by atoms with E-state index in [0.29, 0.717) is 36.0 Å². The molecule has 3 amide bonds. The highest BCUT2D eigenvalue weighted by molar-refractivity contribution is 7.16. The summed E-state index contributed by atoms with van der Waals surface area (Å²) in [7, 11) is 3.83. The van der Waals surface area contributed by atoms with Crippen molar-refractivity contribution >= 4 is 28.3 Å². The Hall–Kier alpha value is -2.15. The zero-order valence-electron chi connectivity index (χ0n) is 18.0. The van der Waals surface area contributed by atoms with Crippen LogP contribution in [-0.2, 0) is 17.6 Å². The smallest absolute Gasteiger partial charge is 0.324 e. The number of aryl methyl sites for hydroxylation is 1. The number of hydrogen-bond donors (Lipinski definition) is 3. The second-order valence-electron chi connectivity index (χ2n) is 8.40. The molecule has 9 heteroatoms. The van der Waals surface area contributed by atoms with E-state index < -0.39 is 0 Å². The van der Waals surface area contributed by atoms with Crippen LogP contribution in [0.15, 0.2) is 0 Å². The lowest BCUT2D eigenvalue weighted by molar-refractivity contribution is -0.132. The van der Waals surface area contributed by atoms with E-state index in [1.807, 2.05) is 21.0 Å². The molecule has 164 valence electrons. The quantitative estimate of drug-likeness (QED) is 0.600. The number of hydrogen-bond acceptors (Lipinski definition) is 7. The number of likely N-dealkylation sites (tertiary alicyclic amines) is 1. The first kappa shape index (κ1) is 22.5. The number of imide groups is 1. The van der Waals surface area contributed by atoms with E-state index in [9.17, 15) is 14.9 Å². The third kappa shape index (κ3) is 4.77. The molecule has 0 aromatic carbocycles. The highest BCUT2D eigenvalue weighted by Gasteiger charge is 2.34. The summed E-state index contributed by atoms with van der Waals surface area (Å²) in [4.78, 5) is 30.6. The van der Waals surface area contributed by atoms with Gasteiger partial charge in [0.05, 0.1) is 17.5 Å². The Kier molecular flexibility index (Phi) is 7.34. The van der Waals surface area contributed by atoms with Gasteiger partial charge in [-0.3, -0.25) is 9.69 Å². The fourth-order valence-electron chi connectivity index (χ4n) is 4.58. The Bertz CT molecular complexity index is 826. The second-order valence-corrected chi connectivity index (χ2v) is 9.54. The van der Waals surface area contributed by atoms with Crippen LogP contribution in [0.25, 0.3) is 0 Å². The number of thiophene rings is 1. The molecule has 8 nitrogen and oxygen atoms in total. The minimum atomic E-state index is -0.301. The van der Waals surface area contributed by atoms with Gasteiger partial charge in [-0.1, -0.05) is 0 Å². The number of nitrogens with two attached hydrogens (primary N) is 1. The van der Waals surface area contributed by atoms with Gasteiger partial charge < -0.3 is 21.3 Å². The summed E-state index contributed by atoms with van der Waals surface area (Å²) in [5, 5.41) is 16.1. The van der Waals surface area contributed by atoms with Crippen LogP contribution in [0, 0.1) is 23.2 Å². The van der Waals surface area contributed by atoms with Crippen molar-refractivity contribution in [3.8, 4) is 6.07 Å². The van der Waals surface area contributed by atoms with E-state index >= 15 is 0 Å². The lowest BCUT2D eigenvalue weighted by atomic mass is 9.80. The largest absolute Gasteiger partial charge is 0.389 e. The van der Waals surface area contributed by atoms with Crippen molar-refractivity contribution < 1.29 is 9.59 Å². The average molecular weight is 433 g/mol. The van der Waals surface area contributed by atoms with Gasteiger partial charge in [-0.2, -0.15) is 5.26 Å². The van der Waals surface area contributed by atoms with E-state index in [4.69, 9.17) is 5.73 Å². The van der Waals surface area contributed by atoms with Crippen molar-refractivity contribution in [2.75, 3.05) is 46.0 Å². The van der Waals surface area contributed by atoms with Crippen molar-refractivity contribution in [2.24, 2.45) is 11.8 Å². The second kappa shape index (κ2) is 9.77. The number of anilines is 1. The number of rotatable bonds is 7. The molecule has 2 atom stereocenters. The van der Waals surface area contributed by atoms with E-state index in [1.165, 1.54) is 21.1 Å². The number of carbonyl (C=O) groups is 2. The Morgan fingerprint density at radius 1 is 1.43 bits per heavy atom. The molecule has 4 N–H and O–H groups in total. The number of nitrogens with zero attached hydrogens (tertiary/aromatic N) is 3. The maximum absolute atomic E-state index is 13.2. The van der Waals surface area contributed by atoms with Gasteiger partial charge in [0.2, 0.25) is 5.91 Å². The molecular weight excluding hydrogens is 400 g/mol. The first-order chi connectivity index (χ1) is 14.4. The zero-order chi connectivity index (χ0) is 21.8. The average Bonchev–Trinajstić information content (AvgIpc) is 3.01. The van der Waals surface area contributed by atoms with Crippen LogP contribution >= 0.6 is 11.3 Å². The Morgan fingerprint density at radius 3 is 2.77 bits per heavy atom. The summed E-state index contributed by atoms with van der Waals surface area (Å²) in [6, 6.07) is 2.05. The number of carbonyl (C=O) groups excluding carboxylic acids is 2. The van der Waals surface area contributed by atoms with Gasteiger partial charge in [-0.05, 0) is 58.2 Å². The summed E-state index contributed by atoms with van der Waals surface area (Å²) >= 11 is 1.52. The minimum Gasteiger partial charge on any atom is -0.389 e. The number of likely N-dealkylation sites (N-methyl/N-ethyl adjacent to an activating group) is 1. The van der Waals surface area contributed by atoms with Crippen molar-refractivity contribution in [2.45, 2.75) is 38.6 Å². The zero-order valence-corrected chi connectivity index (χ0v) is 18.8. The van der Waals surface area contributed by atoms with Gasteiger partial charge in [-0.15, -0.1) is 11.3 Å². The number of nitrogen functional groups attached to an aromatic ring is 1. The van der Waals surface area contributed by atoms with Gasteiger partial charge in [0, 0.05) is 31.1 Å². The molecule has 0 bridgehead atoms. The molecule has 2 unspecified atom stereocenters. The summed E-state index contributed by atoms with van der Waals surface area (Å²) in [5.41, 5.74) is 7.68. The highest BCUT2D eigenvalue weighted by Crippen LogP contribution is 2.39. The molecule has 3 rings (SSSR count). The Balaban J connectivity index is 1.66. The Morgan fingerprint density at radius 2 is 2.17 bits per heavy atom. The van der Waals surface area contributed by atoms with Crippen LogP contribution in [0.3, 0.4) is 0 Å². The minimum absolute atomic E-state index is 0.109. The van der Waals surface area contributed by atoms with E-state index in [1.54, 1.807) is 0 Å². The molecule has 1 aromatic heterocycles. The summed E-state index contributed by atoms with van der Waals surface area (Å²) in [6.07, 6.45) is 3.32. The number of fused-ring (bicyclic) bond motifs is 1. The molecule has 1 saturated heterocycles. The third-order valence-electron chi connectivity index (χ3n) is 6.14. The highest BCUT2D eigenvalue weighted by atomic mass is 32.1. The molecule has 30 heavy (non-hydrogen) atoms. The monoisotopic (exact) mass is 432 g/mol. The SMILES string of the molecule is CCN(C(=O)NC1CN(C)C1)C(=O)C(CNC)CC1CCc2sc(N)c(C#N)c2C1. The maximum atomic E-state index is 13.2. The summed E-state index contributed by atoms with van der Waals surface area (Å²) in [6.45, 7) is 4.33. The van der Waals surface area contributed by atoms with E-state index in [2.05, 4.69) is 21.6 Å². The van der Waals surface area contributed by atoms with E-state index in [0.717, 1.165) is 37.9 Å². The number of nitriles is 1. The first-order valence-corrected chi connectivity index (χ1v) is 11.4. The Labute approximate surface area is 182 Å². The van der Waals surface area contributed by atoms with Crippen LogP contribution < -0.4 is 16.4 Å². The van der Waals surface area contributed by atoms with Gasteiger partial charge >= 0.3 is 6.03 Å².